The van der Waals surface area contributed by atoms with Crippen LogP contribution in [0.1, 0.15) is 18.1 Å². The van der Waals surface area contributed by atoms with Crippen LogP contribution in [-0.4, -0.2) is 16.7 Å². The van der Waals surface area contributed by atoms with Crippen molar-refractivity contribution in [1.29, 1.82) is 10.8 Å². The Labute approximate surface area is 96.2 Å². The number of nitrogens with zero attached hydrogens (tertiary/aromatic N) is 1. The Bertz CT molecular complexity index is 514. The summed E-state index contributed by atoms with van der Waals surface area (Å²) >= 11 is 0. The molecule has 0 aliphatic carbocycles. The number of ether oxygens (including phenoxy) is 1. The average molecular weight is 239 g/mol. The van der Waals surface area contributed by atoms with Gasteiger partial charge in [-0.05, 0) is 18.6 Å². The summed E-state index contributed by atoms with van der Waals surface area (Å²) in [4.78, 5) is 9.67. The van der Waals surface area contributed by atoms with Crippen LogP contribution in [0.4, 0.5) is 10.1 Å². The van der Waals surface area contributed by atoms with E-state index < -0.39 is 22.3 Å². The first-order valence-corrected chi connectivity index (χ1v) is 4.59. The fourth-order valence-corrected chi connectivity index (χ4v) is 1.25. The number of halogens is 1. The number of aryl methyl sites for hydroxylation is 1. The van der Waals surface area contributed by atoms with Gasteiger partial charge < -0.3 is 4.74 Å². The Kier molecular flexibility index (Phi) is 3.52. The summed E-state index contributed by atoms with van der Waals surface area (Å²) in [7, 11) is 0. The second-order valence-electron chi connectivity index (χ2n) is 3.36. The molecule has 0 spiro atoms. The van der Waals surface area contributed by atoms with Gasteiger partial charge in [-0.1, -0.05) is 0 Å². The number of hydrogen-bond donors (Lipinski definition) is 2. The third kappa shape index (κ3) is 2.83. The van der Waals surface area contributed by atoms with Crippen LogP contribution in [0.25, 0.3) is 0 Å². The minimum Gasteiger partial charge on any atom is -0.426 e. The Balaban J connectivity index is 3.25. The fourth-order valence-electron chi connectivity index (χ4n) is 1.25. The van der Waals surface area contributed by atoms with Crippen molar-refractivity contribution in [2.75, 3.05) is 0 Å². The number of nitrogens with one attached hydrogen (secondary N) is 2. The first-order chi connectivity index (χ1) is 7.82. The van der Waals surface area contributed by atoms with Gasteiger partial charge in [-0.15, -0.1) is 0 Å². The average Bonchev–Trinajstić information content (AvgIpc) is 2.15. The molecule has 90 valence electrons. The van der Waals surface area contributed by atoms with E-state index in [-0.39, 0.29) is 11.5 Å². The molecule has 17 heavy (non-hydrogen) atoms. The second-order valence-corrected chi connectivity index (χ2v) is 3.36. The normalized spacial score (nSPS) is 9.82. The third-order valence-electron chi connectivity index (χ3n) is 1.99. The lowest BCUT2D eigenvalue weighted by molar-refractivity contribution is -0.387. The molecule has 6 nitrogen and oxygen atoms in total. The lowest BCUT2D eigenvalue weighted by Crippen LogP contribution is -2.11. The summed E-state index contributed by atoms with van der Waals surface area (Å²) < 4.78 is 17.9. The molecule has 0 aliphatic heterocycles. The van der Waals surface area contributed by atoms with Gasteiger partial charge in [-0.25, -0.2) is 0 Å². The molecule has 0 atom stereocenters. The fraction of sp³-hybridized carbons (Fsp3) is 0.200. The molecule has 0 aliphatic rings. The van der Waals surface area contributed by atoms with Crippen LogP contribution in [-0.2, 0) is 4.74 Å². The van der Waals surface area contributed by atoms with E-state index >= 15 is 0 Å². The number of benzene rings is 1. The van der Waals surface area contributed by atoms with Gasteiger partial charge in [-0.2, -0.15) is 4.39 Å². The quantitative estimate of drug-likeness (QED) is 0.358. The zero-order valence-corrected chi connectivity index (χ0v) is 9.20. The molecule has 0 amide bonds. The maximum Gasteiger partial charge on any atom is 0.305 e. The van der Waals surface area contributed by atoms with Crippen molar-refractivity contribution >= 4 is 17.5 Å². The van der Waals surface area contributed by atoms with E-state index in [2.05, 4.69) is 0 Å². The van der Waals surface area contributed by atoms with Gasteiger partial charge in [0.15, 0.2) is 5.90 Å². The molecule has 0 saturated heterocycles. The smallest absolute Gasteiger partial charge is 0.305 e. The lowest BCUT2D eigenvalue weighted by atomic mass is 10.1. The maximum absolute atomic E-state index is 13.2. The molecule has 0 bridgehead atoms. The monoisotopic (exact) mass is 239 g/mol. The molecule has 0 heterocycles. The van der Waals surface area contributed by atoms with E-state index in [1.54, 1.807) is 0 Å². The number of nitro benzene ring substituents is 1. The summed E-state index contributed by atoms with van der Waals surface area (Å²) in [5.41, 5.74) is -0.300. The van der Waals surface area contributed by atoms with Gasteiger partial charge in [0, 0.05) is 18.6 Å². The van der Waals surface area contributed by atoms with Crippen LogP contribution in [0.2, 0.25) is 0 Å². The molecule has 0 radical (unpaired) electrons. The van der Waals surface area contributed by atoms with Crippen LogP contribution < -0.4 is 0 Å². The van der Waals surface area contributed by atoms with Gasteiger partial charge in [0.1, 0.15) is 0 Å². The van der Waals surface area contributed by atoms with Crippen molar-refractivity contribution in [2.45, 2.75) is 13.8 Å². The van der Waals surface area contributed by atoms with Crippen LogP contribution in [0.5, 0.6) is 0 Å². The molecule has 0 aromatic heterocycles. The predicted octanol–water partition coefficient (Wildman–Crippen LogP) is 2.38. The van der Waals surface area contributed by atoms with Crippen molar-refractivity contribution in [3.8, 4) is 0 Å². The standard InChI is InChI=1S/C10H10FN3O3/c1-5-3-8(11)9(14(15)16)4-7(5)10(13)17-6(2)12/h3-4,12-13H,1-2H3. The summed E-state index contributed by atoms with van der Waals surface area (Å²) in [6, 6.07) is 1.89. The minimum absolute atomic E-state index is 0.0877. The van der Waals surface area contributed by atoms with E-state index in [0.717, 1.165) is 12.1 Å². The first kappa shape index (κ1) is 12.8. The Morgan fingerprint density at radius 1 is 1.47 bits per heavy atom. The first-order valence-electron chi connectivity index (χ1n) is 4.59. The zero-order valence-electron chi connectivity index (χ0n) is 9.20. The molecule has 1 rings (SSSR count). The van der Waals surface area contributed by atoms with Crippen molar-refractivity contribution in [3.05, 3.63) is 39.2 Å². The van der Waals surface area contributed by atoms with E-state index in [1.165, 1.54) is 13.8 Å². The number of hydrogen-bond acceptors (Lipinski definition) is 5. The van der Waals surface area contributed by atoms with Crippen LogP contribution in [0.3, 0.4) is 0 Å². The molecule has 0 saturated carbocycles. The summed E-state index contributed by atoms with van der Waals surface area (Å²) in [6.45, 7) is 2.82. The van der Waals surface area contributed by atoms with Gasteiger partial charge in [0.25, 0.3) is 0 Å². The molecule has 0 unspecified atom stereocenters. The number of nitro groups is 1. The highest BCUT2D eigenvalue weighted by Gasteiger charge is 2.19. The SMILES string of the molecule is CC(=N)OC(=N)c1cc([N+](=O)[O-])c(F)cc1C. The van der Waals surface area contributed by atoms with Crippen molar-refractivity contribution in [1.82, 2.24) is 0 Å². The Morgan fingerprint density at radius 3 is 2.53 bits per heavy atom. The maximum atomic E-state index is 13.2. The molecule has 1 aromatic carbocycles. The molecular formula is C10H10FN3O3. The highest BCUT2D eigenvalue weighted by molar-refractivity contribution is 6.00. The van der Waals surface area contributed by atoms with Crippen LogP contribution in [0, 0.1) is 33.7 Å². The van der Waals surface area contributed by atoms with Crippen molar-refractivity contribution in [3.63, 3.8) is 0 Å². The highest BCUT2D eigenvalue weighted by Crippen LogP contribution is 2.22. The molecular weight excluding hydrogens is 229 g/mol. The Morgan fingerprint density at radius 2 is 2.06 bits per heavy atom. The minimum atomic E-state index is -0.962. The number of rotatable bonds is 2. The van der Waals surface area contributed by atoms with E-state index in [1.807, 2.05) is 0 Å². The lowest BCUT2D eigenvalue weighted by Gasteiger charge is -2.08. The topological polar surface area (TPSA) is 100 Å². The third-order valence-corrected chi connectivity index (χ3v) is 1.99. The van der Waals surface area contributed by atoms with Crippen molar-refractivity contribution in [2.24, 2.45) is 0 Å². The summed E-state index contributed by atoms with van der Waals surface area (Å²) in [5.74, 6) is -1.60. The zero-order chi connectivity index (χ0) is 13.2. The van der Waals surface area contributed by atoms with Crippen LogP contribution in [0.15, 0.2) is 12.1 Å². The highest BCUT2D eigenvalue weighted by atomic mass is 19.1. The summed E-state index contributed by atoms with van der Waals surface area (Å²) in [5, 5.41) is 25.1. The Hall–Kier alpha value is -2.31. The van der Waals surface area contributed by atoms with Gasteiger partial charge >= 0.3 is 5.69 Å². The molecule has 0 fully saturated rings. The van der Waals surface area contributed by atoms with Gasteiger partial charge in [0.2, 0.25) is 11.7 Å². The molecule has 1 aromatic rings. The second kappa shape index (κ2) is 4.69. The predicted molar refractivity (Wildman–Crippen MR) is 59.1 cm³/mol. The largest absolute Gasteiger partial charge is 0.426 e. The van der Waals surface area contributed by atoms with Gasteiger partial charge in [0.05, 0.1) is 4.92 Å². The van der Waals surface area contributed by atoms with E-state index in [9.17, 15) is 14.5 Å². The molecule has 2 N–H and O–H groups in total. The van der Waals surface area contributed by atoms with Gasteiger partial charge in [-0.3, -0.25) is 20.9 Å². The molecule has 7 heteroatoms. The van der Waals surface area contributed by atoms with Crippen molar-refractivity contribution < 1.29 is 14.1 Å². The van der Waals surface area contributed by atoms with Crippen LogP contribution >= 0.6 is 0 Å². The van der Waals surface area contributed by atoms with E-state index in [4.69, 9.17) is 15.6 Å². The van der Waals surface area contributed by atoms with E-state index in [0.29, 0.717) is 5.56 Å². The summed E-state index contributed by atoms with van der Waals surface area (Å²) in [6.07, 6.45) is 0.